The minimum Gasteiger partial charge on any atom is -0.369 e. The highest BCUT2D eigenvalue weighted by atomic mass is 16.2. The second-order valence-corrected chi connectivity index (χ2v) is 5.11. The molecule has 4 N–H and O–H groups in total. The molecule has 1 fully saturated rings. The van der Waals surface area contributed by atoms with Crippen molar-refractivity contribution in [3.8, 4) is 0 Å². The highest BCUT2D eigenvalue weighted by Crippen LogP contribution is 2.09. The van der Waals surface area contributed by atoms with E-state index in [1.165, 1.54) is 0 Å². The molecule has 0 aromatic carbocycles. The Kier molecular flexibility index (Phi) is 4.47. The van der Waals surface area contributed by atoms with Gasteiger partial charge in [-0.05, 0) is 20.3 Å². The van der Waals surface area contributed by atoms with E-state index in [0.717, 1.165) is 13.0 Å². The molecule has 0 aliphatic carbocycles. The first-order valence-corrected chi connectivity index (χ1v) is 5.89. The van der Waals surface area contributed by atoms with E-state index in [1.807, 2.05) is 4.90 Å². The van der Waals surface area contributed by atoms with Gasteiger partial charge < -0.3 is 16.4 Å². The van der Waals surface area contributed by atoms with Crippen LogP contribution >= 0.6 is 0 Å². The minimum atomic E-state index is -0.834. The summed E-state index contributed by atoms with van der Waals surface area (Å²) in [6.07, 6.45) is 0.842. The lowest BCUT2D eigenvalue weighted by Crippen LogP contribution is -2.52. The Hall–Kier alpha value is -1.14. The zero-order chi connectivity index (χ0) is 13.1. The normalized spacial score (nSPS) is 18.9. The van der Waals surface area contributed by atoms with Crippen LogP contribution in [0.25, 0.3) is 0 Å². The molecule has 0 spiro atoms. The molecule has 98 valence electrons. The van der Waals surface area contributed by atoms with Gasteiger partial charge in [-0.15, -0.1) is 0 Å². The Balaban J connectivity index is 2.53. The molecule has 1 aliphatic rings. The van der Waals surface area contributed by atoms with Crippen molar-refractivity contribution in [1.82, 2.24) is 9.80 Å². The number of hydrogen-bond donors (Lipinski definition) is 2. The third kappa shape index (κ3) is 4.32. The predicted octanol–water partition coefficient (Wildman–Crippen LogP) is -1.26. The summed E-state index contributed by atoms with van der Waals surface area (Å²) in [5, 5.41) is 0. The minimum absolute atomic E-state index is 0.0431. The van der Waals surface area contributed by atoms with E-state index in [9.17, 15) is 9.59 Å². The molecule has 0 saturated carbocycles. The van der Waals surface area contributed by atoms with Gasteiger partial charge in [0, 0.05) is 26.2 Å². The second kappa shape index (κ2) is 5.46. The van der Waals surface area contributed by atoms with Crippen LogP contribution in [0.15, 0.2) is 0 Å². The zero-order valence-corrected chi connectivity index (χ0v) is 10.6. The summed E-state index contributed by atoms with van der Waals surface area (Å²) in [5.41, 5.74) is 10.1. The molecular weight excluding hydrogens is 220 g/mol. The first-order valence-electron chi connectivity index (χ1n) is 5.89. The molecule has 0 aromatic heterocycles. The van der Waals surface area contributed by atoms with Crippen LogP contribution < -0.4 is 11.5 Å². The third-order valence-electron chi connectivity index (χ3n) is 2.81. The van der Waals surface area contributed by atoms with Gasteiger partial charge in [0.2, 0.25) is 11.8 Å². The number of nitrogens with two attached hydrogens (primary N) is 2. The van der Waals surface area contributed by atoms with Gasteiger partial charge in [0.15, 0.2) is 0 Å². The molecule has 0 bridgehead atoms. The third-order valence-corrected chi connectivity index (χ3v) is 2.81. The fraction of sp³-hybridized carbons (Fsp3) is 0.818. The average Bonchev–Trinajstić information content (AvgIpc) is 2.40. The van der Waals surface area contributed by atoms with E-state index in [0.29, 0.717) is 19.6 Å². The van der Waals surface area contributed by atoms with Crippen molar-refractivity contribution >= 4 is 11.8 Å². The maximum atomic E-state index is 12.0. The molecule has 2 amide bonds. The van der Waals surface area contributed by atoms with E-state index in [2.05, 4.69) is 0 Å². The lowest BCUT2D eigenvalue weighted by molar-refractivity contribution is -0.135. The summed E-state index contributed by atoms with van der Waals surface area (Å²) in [7, 11) is 0. The lowest BCUT2D eigenvalue weighted by Gasteiger charge is -2.28. The molecule has 1 aliphatic heterocycles. The first kappa shape index (κ1) is 13.9. The molecule has 0 aromatic rings. The van der Waals surface area contributed by atoms with Crippen molar-refractivity contribution in [3.05, 3.63) is 0 Å². The van der Waals surface area contributed by atoms with Crippen LogP contribution in [0.2, 0.25) is 0 Å². The topological polar surface area (TPSA) is 92.7 Å². The van der Waals surface area contributed by atoms with Gasteiger partial charge in [-0.2, -0.15) is 0 Å². The van der Waals surface area contributed by atoms with Crippen molar-refractivity contribution in [1.29, 1.82) is 0 Å². The highest BCUT2D eigenvalue weighted by molar-refractivity contribution is 5.85. The summed E-state index contributed by atoms with van der Waals surface area (Å²) >= 11 is 0. The van der Waals surface area contributed by atoms with Crippen molar-refractivity contribution in [3.63, 3.8) is 0 Å². The first-order chi connectivity index (χ1) is 7.80. The monoisotopic (exact) mass is 242 g/mol. The fourth-order valence-corrected chi connectivity index (χ4v) is 1.96. The number of rotatable bonds is 3. The maximum Gasteiger partial charge on any atom is 0.242 e. The Morgan fingerprint density at radius 3 is 2.35 bits per heavy atom. The smallest absolute Gasteiger partial charge is 0.242 e. The number of carbonyl (C=O) groups excluding carboxylic acids is 2. The molecule has 17 heavy (non-hydrogen) atoms. The van der Waals surface area contributed by atoms with Crippen molar-refractivity contribution in [2.75, 3.05) is 32.7 Å². The molecule has 6 heteroatoms. The van der Waals surface area contributed by atoms with Gasteiger partial charge in [0.05, 0.1) is 12.1 Å². The molecule has 0 radical (unpaired) electrons. The molecule has 0 unspecified atom stereocenters. The number of hydrogen-bond acceptors (Lipinski definition) is 4. The Bertz CT molecular complexity index is 298. The lowest BCUT2D eigenvalue weighted by atomic mass is 10.1. The molecule has 1 saturated heterocycles. The molecule has 1 rings (SSSR count). The van der Waals surface area contributed by atoms with Crippen LogP contribution in [-0.4, -0.2) is 59.9 Å². The molecule has 0 atom stereocenters. The van der Waals surface area contributed by atoms with Gasteiger partial charge in [-0.3, -0.25) is 14.5 Å². The highest BCUT2D eigenvalue weighted by Gasteiger charge is 2.29. The van der Waals surface area contributed by atoms with E-state index in [4.69, 9.17) is 11.5 Å². The van der Waals surface area contributed by atoms with Crippen LogP contribution in [0.4, 0.5) is 0 Å². The number of primary amides is 1. The zero-order valence-electron chi connectivity index (χ0n) is 10.6. The van der Waals surface area contributed by atoms with Crippen molar-refractivity contribution in [2.24, 2.45) is 11.5 Å². The van der Waals surface area contributed by atoms with Gasteiger partial charge in [0.25, 0.3) is 0 Å². The second-order valence-electron chi connectivity index (χ2n) is 5.11. The van der Waals surface area contributed by atoms with Crippen LogP contribution in [-0.2, 0) is 9.59 Å². The Labute approximate surface area is 102 Å². The largest absolute Gasteiger partial charge is 0.369 e. The van der Waals surface area contributed by atoms with Gasteiger partial charge in [-0.25, -0.2) is 0 Å². The predicted molar refractivity (Wildman–Crippen MR) is 65.1 cm³/mol. The van der Waals surface area contributed by atoms with Crippen LogP contribution in [0.5, 0.6) is 0 Å². The van der Waals surface area contributed by atoms with Crippen LogP contribution in [0.3, 0.4) is 0 Å². The Morgan fingerprint density at radius 1 is 1.18 bits per heavy atom. The summed E-state index contributed by atoms with van der Waals surface area (Å²) in [6.45, 7) is 6.43. The van der Waals surface area contributed by atoms with Gasteiger partial charge in [0.1, 0.15) is 0 Å². The number of amides is 2. The quantitative estimate of drug-likeness (QED) is 0.646. The standard InChI is InChI=1S/C11H22N4O2/c1-11(2,13)10(17)15-5-3-4-14(6-7-15)8-9(12)16/h3-8,13H2,1-2H3,(H2,12,16). The molecule has 1 heterocycles. The summed E-state index contributed by atoms with van der Waals surface area (Å²) < 4.78 is 0. The van der Waals surface area contributed by atoms with E-state index >= 15 is 0 Å². The number of nitrogens with zero attached hydrogens (tertiary/aromatic N) is 2. The van der Waals surface area contributed by atoms with Crippen molar-refractivity contribution < 1.29 is 9.59 Å². The van der Waals surface area contributed by atoms with Crippen LogP contribution in [0.1, 0.15) is 20.3 Å². The van der Waals surface area contributed by atoms with E-state index in [-0.39, 0.29) is 18.4 Å². The SMILES string of the molecule is CC(C)(N)C(=O)N1CCCN(CC(N)=O)CC1. The van der Waals surface area contributed by atoms with Crippen LogP contribution in [0, 0.1) is 0 Å². The maximum absolute atomic E-state index is 12.0. The molecule has 6 nitrogen and oxygen atoms in total. The fourth-order valence-electron chi connectivity index (χ4n) is 1.96. The van der Waals surface area contributed by atoms with E-state index in [1.54, 1.807) is 18.7 Å². The summed E-state index contributed by atoms with van der Waals surface area (Å²) in [4.78, 5) is 26.6. The molecular formula is C11H22N4O2. The van der Waals surface area contributed by atoms with E-state index < -0.39 is 5.54 Å². The summed E-state index contributed by atoms with van der Waals surface area (Å²) in [6, 6.07) is 0. The van der Waals surface area contributed by atoms with Gasteiger partial charge in [-0.1, -0.05) is 0 Å². The average molecular weight is 242 g/mol. The van der Waals surface area contributed by atoms with Gasteiger partial charge >= 0.3 is 0 Å². The number of carbonyl (C=O) groups is 2. The Morgan fingerprint density at radius 2 is 1.82 bits per heavy atom. The summed E-state index contributed by atoms with van der Waals surface area (Å²) in [5.74, 6) is -0.373. The van der Waals surface area contributed by atoms with Crippen molar-refractivity contribution in [2.45, 2.75) is 25.8 Å².